The van der Waals surface area contributed by atoms with Gasteiger partial charge in [0.25, 0.3) is 0 Å². The molecule has 2 aromatic rings. The van der Waals surface area contributed by atoms with Gasteiger partial charge in [0.05, 0.1) is 16.5 Å². The van der Waals surface area contributed by atoms with Crippen molar-refractivity contribution in [3.05, 3.63) is 69.7 Å². The fourth-order valence-corrected chi connectivity index (χ4v) is 3.08. The Kier molecular flexibility index (Phi) is 8.34. The van der Waals surface area contributed by atoms with Crippen LogP contribution in [-0.4, -0.2) is 28.8 Å². The molecule has 0 aliphatic heterocycles. The Labute approximate surface area is 176 Å². The normalized spacial score (nSPS) is 12.9. The fraction of sp³-hybridized carbons (Fsp3) is 0.364. The molecular weight excluding hydrogens is 395 g/mol. The molecule has 0 saturated heterocycles. The van der Waals surface area contributed by atoms with E-state index in [1.54, 1.807) is 24.0 Å². The van der Waals surface area contributed by atoms with Gasteiger partial charge in [-0.25, -0.2) is 0 Å². The number of nitrogens with one attached hydrogen (secondary N) is 1. The SMILES string of the molecule is CC[C@@H](C)NC(=O)[C@H](C)N(Cc1ccc(Cl)c(Cl)c1)C(=O)Cc1ccccc1. The minimum atomic E-state index is -0.611. The first-order valence-electron chi connectivity index (χ1n) is 9.39. The first-order chi connectivity index (χ1) is 13.3. The molecule has 0 radical (unpaired) electrons. The smallest absolute Gasteiger partial charge is 0.242 e. The maximum atomic E-state index is 13.1. The molecule has 6 heteroatoms. The van der Waals surface area contributed by atoms with E-state index in [0.29, 0.717) is 10.0 Å². The third-order valence-electron chi connectivity index (χ3n) is 4.70. The fourth-order valence-electron chi connectivity index (χ4n) is 2.75. The van der Waals surface area contributed by atoms with Gasteiger partial charge >= 0.3 is 0 Å². The van der Waals surface area contributed by atoms with Crippen LogP contribution in [0.15, 0.2) is 48.5 Å². The Morgan fingerprint density at radius 3 is 2.29 bits per heavy atom. The molecule has 0 saturated carbocycles. The van der Waals surface area contributed by atoms with E-state index in [4.69, 9.17) is 23.2 Å². The monoisotopic (exact) mass is 420 g/mol. The lowest BCUT2D eigenvalue weighted by Gasteiger charge is -2.30. The molecule has 4 nitrogen and oxygen atoms in total. The van der Waals surface area contributed by atoms with Crippen molar-refractivity contribution in [2.45, 2.75) is 52.2 Å². The molecule has 2 rings (SSSR count). The van der Waals surface area contributed by atoms with Crippen LogP contribution in [0.1, 0.15) is 38.3 Å². The predicted molar refractivity (Wildman–Crippen MR) is 115 cm³/mol. The van der Waals surface area contributed by atoms with E-state index in [2.05, 4.69) is 5.32 Å². The Hall–Kier alpha value is -2.04. The molecule has 2 atom stereocenters. The van der Waals surface area contributed by atoms with Crippen LogP contribution in [-0.2, 0) is 22.6 Å². The highest BCUT2D eigenvalue weighted by atomic mass is 35.5. The number of carbonyl (C=O) groups excluding carboxylic acids is 2. The molecule has 2 aromatic carbocycles. The van der Waals surface area contributed by atoms with Crippen molar-refractivity contribution in [1.82, 2.24) is 10.2 Å². The average molecular weight is 421 g/mol. The standard InChI is InChI=1S/C22H26Cl2N2O2/c1-4-15(2)25-22(28)16(3)26(14-18-10-11-19(23)20(24)12-18)21(27)13-17-8-6-5-7-9-17/h5-12,15-16H,4,13-14H2,1-3H3,(H,25,28)/t15-,16+/m1/s1. The number of benzene rings is 2. The Morgan fingerprint density at radius 1 is 1.00 bits per heavy atom. The number of carbonyl (C=O) groups is 2. The lowest BCUT2D eigenvalue weighted by molar-refractivity contribution is -0.140. The number of nitrogens with zero attached hydrogens (tertiary/aromatic N) is 1. The van der Waals surface area contributed by atoms with Crippen LogP contribution in [0.2, 0.25) is 10.0 Å². The maximum Gasteiger partial charge on any atom is 0.242 e. The Balaban J connectivity index is 2.24. The highest BCUT2D eigenvalue weighted by Gasteiger charge is 2.27. The minimum absolute atomic E-state index is 0.0472. The van der Waals surface area contributed by atoms with Crippen LogP contribution in [0.4, 0.5) is 0 Å². The zero-order valence-corrected chi connectivity index (χ0v) is 17.9. The van der Waals surface area contributed by atoms with Crippen molar-refractivity contribution < 1.29 is 9.59 Å². The van der Waals surface area contributed by atoms with E-state index >= 15 is 0 Å². The van der Waals surface area contributed by atoms with Crippen LogP contribution < -0.4 is 5.32 Å². The van der Waals surface area contributed by atoms with Crippen molar-refractivity contribution >= 4 is 35.0 Å². The summed E-state index contributed by atoms with van der Waals surface area (Å²) >= 11 is 12.1. The van der Waals surface area contributed by atoms with Crippen molar-refractivity contribution in [3.63, 3.8) is 0 Å². The summed E-state index contributed by atoms with van der Waals surface area (Å²) in [5.74, 6) is -0.292. The van der Waals surface area contributed by atoms with Crippen molar-refractivity contribution in [2.24, 2.45) is 0 Å². The zero-order chi connectivity index (χ0) is 20.7. The quantitative estimate of drug-likeness (QED) is 0.661. The molecule has 28 heavy (non-hydrogen) atoms. The maximum absolute atomic E-state index is 13.1. The molecular formula is C22H26Cl2N2O2. The van der Waals surface area contributed by atoms with Gasteiger partial charge in [0.2, 0.25) is 11.8 Å². The molecule has 0 aliphatic rings. The van der Waals surface area contributed by atoms with Gasteiger partial charge in [0, 0.05) is 12.6 Å². The van der Waals surface area contributed by atoms with E-state index in [0.717, 1.165) is 17.5 Å². The van der Waals surface area contributed by atoms with Gasteiger partial charge in [0.1, 0.15) is 6.04 Å². The molecule has 0 heterocycles. The second-order valence-electron chi connectivity index (χ2n) is 6.93. The van der Waals surface area contributed by atoms with E-state index in [9.17, 15) is 9.59 Å². The minimum Gasteiger partial charge on any atom is -0.352 e. The van der Waals surface area contributed by atoms with Crippen LogP contribution in [0.25, 0.3) is 0 Å². The molecule has 0 bridgehead atoms. The first-order valence-corrected chi connectivity index (χ1v) is 10.1. The van der Waals surface area contributed by atoms with E-state index < -0.39 is 6.04 Å². The average Bonchev–Trinajstić information content (AvgIpc) is 2.68. The predicted octanol–water partition coefficient (Wildman–Crippen LogP) is 4.87. The molecule has 1 N–H and O–H groups in total. The highest BCUT2D eigenvalue weighted by molar-refractivity contribution is 6.42. The highest BCUT2D eigenvalue weighted by Crippen LogP contribution is 2.24. The van der Waals surface area contributed by atoms with Crippen molar-refractivity contribution in [2.75, 3.05) is 0 Å². The van der Waals surface area contributed by atoms with E-state index in [-0.39, 0.29) is 30.8 Å². The van der Waals surface area contributed by atoms with Gasteiger partial charge in [-0.3, -0.25) is 9.59 Å². The van der Waals surface area contributed by atoms with Gasteiger partial charge in [0.15, 0.2) is 0 Å². The largest absolute Gasteiger partial charge is 0.352 e. The van der Waals surface area contributed by atoms with Gasteiger partial charge < -0.3 is 10.2 Å². The van der Waals surface area contributed by atoms with E-state index in [1.807, 2.05) is 50.2 Å². The van der Waals surface area contributed by atoms with Gasteiger partial charge in [-0.1, -0.05) is 66.5 Å². The third kappa shape index (κ3) is 6.25. The summed E-state index contributed by atoms with van der Waals surface area (Å²) in [6.45, 7) is 5.97. The number of halogens is 2. The van der Waals surface area contributed by atoms with Crippen LogP contribution in [0.3, 0.4) is 0 Å². The molecule has 2 amide bonds. The molecule has 0 spiro atoms. The number of hydrogen-bond donors (Lipinski definition) is 1. The Bertz CT molecular complexity index is 811. The molecule has 0 fully saturated rings. The van der Waals surface area contributed by atoms with Gasteiger partial charge in [-0.2, -0.15) is 0 Å². The Morgan fingerprint density at radius 2 is 1.68 bits per heavy atom. The summed E-state index contributed by atoms with van der Waals surface area (Å²) in [7, 11) is 0. The lowest BCUT2D eigenvalue weighted by atomic mass is 10.1. The third-order valence-corrected chi connectivity index (χ3v) is 5.44. The summed E-state index contributed by atoms with van der Waals surface area (Å²) in [6.07, 6.45) is 1.05. The second-order valence-corrected chi connectivity index (χ2v) is 7.74. The zero-order valence-electron chi connectivity index (χ0n) is 16.4. The van der Waals surface area contributed by atoms with Crippen LogP contribution in [0.5, 0.6) is 0 Å². The molecule has 0 aromatic heterocycles. The number of amides is 2. The molecule has 0 aliphatic carbocycles. The molecule has 150 valence electrons. The summed E-state index contributed by atoms with van der Waals surface area (Å²) < 4.78 is 0. The van der Waals surface area contributed by atoms with Crippen LogP contribution >= 0.6 is 23.2 Å². The van der Waals surface area contributed by atoms with E-state index in [1.165, 1.54) is 0 Å². The lowest BCUT2D eigenvalue weighted by Crippen LogP contribution is -2.49. The number of rotatable bonds is 8. The van der Waals surface area contributed by atoms with Gasteiger partial charge in [-0.15, -0.1) is 0 Å². The summed E-state index contributed by atoms with van der Waals surface area (Å²) in [6, 6.07) is 14.2. The number of hydrogen-bond acceptors (Lipinski definition) is 2. The molecule has 0 unspecified atom stereocenters. The summed E-state index contributed by atoms with van der Waals surface area (Å²) in [5, 5.41) is 3.83. The van der Waals surface area contributed by atoms with Gasteiger partial charge in [-0.05, 0) is 43.5 Å². The summed E-state index contributed by atoms with van der Waals surface area (Å²) in [5.41, 5.74) is 1.72. The first kappa shape index (κ1) is 22.3. The second kappa shape index (κ2) is 10.5. The summed E-state index contributed by atoms with van der Waals surface area (Å²) in [4.78, 5) is 27.3. The van der Waals surface area contributed by atoms with Crippen molar-refractivity contribution in [1.29, 1.82) is 0 Å². The van der Waals surface area contributed by atoms with Crippen molar-refractivity contribution in [3.8, 4) is 0 Å². The topological polar surface area (TPSA) is 49.4 Å². The van der Waals surface area contributed by atoms with Crippen LogP contribution in [0, 0.1) is 0 Å².